The van der Waals surface area contributed by atoms with Gasteiger partial charge < -0.3 is 10.0 Å². The third kappa shape index (κ3) is 2.80. The minimum atomic E-state index is -3.15. The summed E-state index contributed by atoms with van der Waals surface area (Å²) in [6.07, 6.45) is 3.06. The molecule has 5 nitrogen and oxygen atoms in total. The van der Waals surface area contributed by atoms with Crippen LogP contribution in [0, 0.1) is 0 Å². The Kier molecular flexibility index (Phi) is 3.12. The standard InChI is InChI=1S/C6H12BNO4S/c1-13(11,12)8-4-2-6(3-5-8)7(9)10/h2,9-10H,3-5H2,1H3. The molecule has 0 aromatic rings. The Labute approximate surface area is 77.9 Å². The van der Waals surface area contributed by atoms with Crippen molar-refractivity contribution in [2.24, 2.45) is 0 Å². The van der Waals surface area contributed by atoms with Gasteiger partial charge in [0, 0.05) is 13.1 Å². The second-order valence-electron chi connectivity index (χ2n) is 3.02. The van der Waals surface area contributed by atoms with E-state index in [1.807, 2.05) is 0 Å². The quantitative estimate of drug-likeness (QED) is 0.543. The second kappa shape index (κ2) is 3.79. The van der Waals surface area contributed by atoms with Crippen molar-refractivity contribution in [3.8, 4) is 0 Å². The predicted molar refractivity (Wildman–Crippen MR) is 49.3 cm³/mol. The highest BCUT2D eigenvalue weighted by Crippen LogP contribution is 2.13. The van der Waals surface area contributed by atoms with Crippen molar-refractivity contribution in [1.29, 1.82) is 0 Å². The lowest BCUT2D eigenvalue weighted by atomic mass is 9.76. The van der Waals surface area contributed by atoms with Gasteiger partial charge in [-0.25, -0.2) is 8.42 Å². The molecule has 1 rings (SSSR count). The van der Waals surface area contributed by atoms with Gasteiger partial charge in [0.25, 0.3) is 0 Å². The maximum absolute atomic E-state index is 11.0. The van der Waals surface area contributed by atoms with Crippen LogP contribution in [0.2, 0.25) is 0 Å². The van der Waals surface area contributed by atoms with Crippen LogP contribution in [-0.4, -0.2) is 49.2 Å². The Morgan fingerprint density at radius 3 is 2.46 bits per heavy atom. The molecule has 2 N–H and O–H groups in total. The van der Waals surface area contributed by atoms with E-state index in [2.05, 4.69) is 0 Å². The zero-order valence-electron chi connectivity index (χ0n) is 7.34. The van der Waals surface area contributed by atoms with E-state index in [-0.39, 0.29) is 6.54 Å². The molecule has 0 saturated heterocycles. The Hall–Kier alpha value is -0.365. The van der Waals surface area contributed by atoms with Crippen molar-refractivity contribution in [3.63, 3.8) is 0 Å². The van der Waals surface area contributed by atoms with E-state index in [4.69, 9.17) is 10.0 Å². The minimum absolute atomic E-state index is 0.228. The molecule has 74 valence electrons. The van der Waals surface area contributed by atoms with Crippen molar-refractivity contribution >= 4 is 17.1 Å². The first-order chi connectivity index (χ1) is 5.91. The average Bonchev–Trinajstić information content (AvgIpc) is 2.03. The largest absolute Gasteiger partial charge is 0.483 e. The van der Waals surface area contributed by atoms with Gasteiger partial charge in [-0.2, -0.15) is 4.31 Å². The first-order valence-electron chi connectivity index (χ1n) is 3.91. The summed E-state index contributed by atoms with van der Waals surface area (Å²) in [6, 6.07) is 0. The highest BCUT2D eigenvalue weighted by atomic mass is 32.2. The van der Waals surface area contributed by atoms with Gasteiger partial charge in [-0.05, 0) is 11.9 Å². The summed E-state index contributed by atoms with van der Waals surface area (Å²) in [5.41, 5.74) is 0.486. The lowest BCUT2D eigenvalue weighted by molar-refractivity contribution is 0.398. The number of hydrogen-bond donors (Lipinski definition) is 2. The molecule has 7 heteroatoms. The summed E-state index contributed by atoms with van der Waals surface area (Å²) in [4.78, 5) is 0. The molecule has 0 radical (unpaired) electrons. The summed E-state index contributed by atoms with van der Waals surface area (Å²) in [6.45, 7) is 0.550. The third-order valence-corrected chi connectivity index (χ3v) is 3.28. The van der Waals surface area contributed by atoms with Crippen molar-refractivity contribution < 1.29 is 18.5 Å². The molecule has 0 aromatic heterocycles. The van der Waals surface area contributed by atoms with E-state index in [1.165, 1.54) is 10.4 Å². The van der Waals surface area contributed by atoms with Gasteiger partial charge in [0.05, 0.1) is 6.26 Å². The Morgan fingerprint density at radius 2 is 2.15 bits per heavy atom. The monoisotopic (exact) mass is 205 g/mol. The zero-order valence-corrected chi connectivity index (χ0v) is 8.16. The lowest BCUT2D eigenvalue weighted by Crippen LogP contribution is -2.36. The summed E-state index contributed by atoms with van der Waals surface area (Å²) in [5, 5.41) is 17.6. The number of sulfonamides is 1. The zero-order chi connectivity index (χ0) is 10.1. The molecule has 1 aliphatic heterocycles. The third-order valence-electron chi connectivity index (χ3n) is 2.01. The van der Waals surface area contributed by atoms with E-state index in [9.17, 15) is 8.42 Å². The maximum Gasteiger partial charge on any atom is 0.483 e. The fourth-order valence-electron chi connectivity index (χ4n) is 1.20. The molecule has 1 aliphatic rings. The summed E-state index contributed by atoms with van der Waals surface area (Å²) in [7, 11) is -4.61. The van der Waals surface area contributed by atoms with E-state index >= 15 is 0 Å². The SMILES string of the molecule is CS(=O)(=O)N1CC=C(B(O)O)CC1. The molecule has 0 saturated carbocycles. The number of hydrogen-bond acceptors (Lipinski definition) is 4. The van der Waals surface area contributed by atoms with Crippen LogP contribution in [0.4, 0.5) is 0 Å². The van der Waals surface area contributed by atoms with Crippen LogP contribution in [-0.2, 0) is 10.0 Å². The van der Waals surface area contributed by atoms with E-state index in [0.717, 1.165) is 6.26 Å². The van der Waals surface area contributed by atoms with Crippen LogP contribution in [0.15, 0.2) is 11.5 Å². The molecule has 1 heterocycles. The molecule has 0 amide bonds. The van der Waals surface area contributed by atoms with Gasteiger partial charge in [0.2, 0.25) is 10.0 Å². The van der Waals surface area contributed by atoms with Crippen LogP contribution in [0.1, 0.15) is 6.42 Å². The van der Waals surface area contributed by atoms with Crippen LogP contribution in [0.25, 0.3) is 0 Å². The molecule has 0 aliphatic carbocycles. The average molecular weight is 205 g/mol. The Balaban J connectivity index is 2.67. The molecule has 0 bridgehead atoms. The van der Waals surface area contributed by atoms with E-state index in [1.54, 1.807) is 0 Å². The topological polar surface area (TPSA) is 77.8 Å². The minimum Gasteiger partial charge on any atom is -0.423 e. The predicted octanol–water partition coefficient (Wildman–Crippen LogP) is -1.41. The molecule has 0 atom stereocenters. The Bertz CT molecular complexity index is 311. The van der Waals surface area contributed by atoms with Crippen LogP contribution in [0.5, 0.6) is 0 Å². The summed E-state index contributed by atoms with van der Waals surface area (Å²) < 4.78 is 23.4. The number of rotatable bonds is 2. The highest BCUT2D eigenvalue weighted by Gasteiger charge is 2.24. The summed E-state index contributed by atoms with van der Waals surface area (Å²) >= 11 is 0. The fraction of sp³-hybridized carbons (Fsp3) is 0.667. The van der Waals surface area contributed by atoms with Gasteiger partial charge in [-0.1, -0.05) is 6.08 Å². The van der Waals surface area contributed by atoms with Gasteiger partial charge in [-0.15, -0.1) is 0 Å². The van der Waals surface area contributed by atoms with Gasteiger partial charge >= 0.3 is 7.12 Å². The second-order valence-corrected chi connectivity index (χ2v) is 5.01. The molecule has 0 spiro atoms. The smallest absolute Gasteiger partial charge is 0.423 e. The normalized spacial score (nSPS) is 19.8. The first kappa shape index (κ1) is 10.7. The summed E-state index contributed by atoms with van der Waals surface area (Å²) in [5.74, 6) is 0. The van der Waals surface area contributed by atoms with Crippen molar-refractivity contribution in [2.45, 2.75) is 6.42 Å². The maximum atomic E-state index is 11.0. The first-order valence-corrected chi connectivity index (χ1v) is 5.76. The molecular weight excluding hydrogens is 193 g/mol. The van der Waals surface area contributed by atoms with Crippen molar-refractivity contribution in [3.05, 3.63) is 11.5 Å². The van der Waals surface area contributed by atoms with Gasteiger partial charge in [-0.3, -0.25) is 0 Å². The van der Waals surface area contributed by atoms with Crippen molar-refractivity contribution in [1.82, 2.24) is 4.31 Å². The van der Waals surface area contributed by atoms with E-state index < -0.39 is 17.1 Å². The molecule has 13 heavy (non-hydrogen) atoms. The van der Waals surface area contributed by atoms with Crippen LogP contribution < -0.4 is 0 Å². The van der Waals surface area contributed by atoms with E-state index in [0.29, 0.717) is 18.4 Å². The van der Waals surface area contributed by atoms with Crippen LogP contribution in [0.3, 0.4) is 0 Å². The van der Waals surface area contributed by atoms with Crippen molar-refractivity contribution in [2.75, 3.05) is 19.3 Å². The fourth-order valence-corrected chi connectivity index (χ4v) is 1.97. The molecular formula is C6H12BNO4S. The van der Waals surface area contributed by atoms with Gasteiger partial charge in [0.15, 0.2) is 0 Å². The van der Waals surface area contributed by atoms with Gasteiger partial charge in [0.1, 0.15) is 0 Å². The highest BCUT2D eigenvalue weighted by molar-refractivity contribution is 7.88. The van der Waals surface area contributed by atoms with Crippen LogP contribution >= 0.6 is 0 Å². The number of nitrogens with zero attached hydrogens (tertiary/aromatic N) is 1. The molecule has 0 fully saturated rings. The Morgan fingerprint density at radius 1 is 1.54 bits per heavy atom. The molecule has 0 aromatic carbocycles. The lowest BCUT2D eigenvalue weighted by Gasteiger charge is -2.23. The molecule has 0 unspecified atom stereocenters.